The molecular weight excluding hydrogens is 663 g/mol. The fourth-order valence-corrected chi connectivity index (χ4v) is 6.97. The van der Waals surface area contributed by atoms with Crippen molar-refractivity contribution < 1.29 is 28.2 Å². The Morgan fingerprint density at radius 1 is 1.00 bits per heavy atom. The van der Waals surface area contributed by atoms with Gasteiger partial charge in [0.15, 0.2) is 5.75 Å². The number of aromatic nitrogens is 2. The Morgan fingerprint density at radius 3 is 2.42 bits per heavy atom. The Bertz CT molecular complexity index is 1910. The summed E-state index contributed by atoms with van der Waals surface area (Å²) >= 11 is 6.24. The molecule has 12 heteroatoms. The second-order valence-corrected chi connectivity index (χ2v) is 12.9. The van der Waals surface area contributed by atoms with E-state index in [1.54, 1.807) is 36.9 Å². The monoisotopic (exact) mass is 702 g/mol. The van der Waals surface area contributed by atoms with Crippen molar-refractivity contribution in [3.8, 4) is 11.5 Å². The van der Waals surface area contributed by atoms with E-state index in [0.717, 1.165) is 5.56 Å². The lowest BCUT2D eigenvalue weighted by atomic mass is 9.74. The number of halogens is 2. The summed E-state index contributed by atoms with van der Waals surface area (Å²) in [5, 5.41) is 9.11. The van der Waals surface area contributed by atoms with E-state index in [2.05, 4.69) is 15.5 Å². The smallest absolute Gasteiger partial charge is 0.314 e. The van der Waals surface area contributed by atoms with Crippen molar-refractivity contribution in [1.82, 2.24) is 20.4 Å². The third-order valence-electron chi connectivity index (χ3n) is 9.42. The number of nitrogens with one attached hydrogen (secondary N) is 2. The lowest BCUT2D eigenvalue weighted by Crippen LogP contribution is -2.53. The zero-order valence-electron chi connectivity index (χ0n) is 28.4. The largest absolute Gasteiger partial charge is 0.460 e. The molecule has 10 nitrogen and oxygen atoms in total. The van der Waals surface area contributed by atoms with Gasteiger partial charge in [0.2, 0.25) is 5.91 Å². The van der Waals surface area contributed by atoms with E-state index in [1.165, 1.54) is 24.3 Å². The molecule has 0 aliphatic carbocycles. The van der Waals surface area contributed by atoms with Gasteiger partial charge >= 0.3 is 11.5 Å². The van der Waals surface area contributed by atoms with E-state index in [0.29, 0.717) is 48.3 Å². The number of aryl methyl sites for hydroxylation is 2. The number of H-pyrrole nitrogens is 1. The first-order valence-electron chi connectivity index (χ1n) is 16.6. The van der Waals surface area contributed by atoms with Crippen LogP contribution in [0.25, 0.3) is 0 Å². The molecule has 2 N–H and O–H groups in total. The fraction of sp³-hybridized carbons (Fsp3) is 0.342. The van der Waals surface area contributed by atoms with Gasteiger partial charge in [-0.25, -0.2) is 9.49 Å². The number of hydrogen-bond acceptors (Lipinski definition) is 7. The van der Waals surface area contributed by atoms with E-state index in [4.69, 9.17) is 21.1 Å². The predicted octanol–water partition coefficient (Wildman–Crippen LogP) is 6.98. The van der Waals surface area contributed by atoms with Crippen molar-refractivity contribution in [3.63, 3.8) is 0 Å². The van der Waals surface area contributed by atoms with Crippen LogP contribution in [0.4, 0.5) is 4.39 Å². The minimum absolute atomic E-state index is 0.0666. The van der Waals surface area contributed by atoms with Crippen LogP contribution in [0.15, 0.2) is 77.6 Å². The van der Waals surface area contributed by atoms with Gasteiger partial charge in [0.1, 0.15) is 18.2 Å². The minimum Gasteiger partial charge on any atom is -0.460 e. The summed E-state index contributed by atoms with van der Waals surface area (Å²) in [5.41, 5.74) is 1.23. The Hall–Kier alpha value is -5.03. The predicted molar refractivity (Wildman–Crippen MR) is 186 cm³/mol. The number of likely N-dealkylation sites (tertiary alicyclic amines) is 1. The van der Waals surface area contributed by atoms with Crippen LogP contribution < -0.4 is 15.6 Å². The Balaban J connectivity index is 1.37. The first-order valence-corrected chi connectivity index (χ1v) is 16.9. The van der Waals surface area contributed by atoms with Gasteiger partial charge < -0.3 is 19.7 Å². The average Bonchev–Trinajstić information content (AvgIpc) is 3.55. The van der Waals surface area contributed by atoms with Crippen LogP contribution in [-0.4, -0.2) is 45.5 Å². The van der Waals surface area contributed by atoms with Crippen LogP contribution in [0.3, 0.4) is 0 Å². The molecule has 1 saturated heterocycles. The number of nitrogens with zero attached hydrogens (tertiary/aromatic N) is 2. The lowest BCUT2D eigenvalue weighted by Gasteiger charge is -2.42. The zero-order chi connectivity index (χ0) is 36.0. The molecule has 5 rings (SSSR count). The van der Waals surface area contributed by atoms with Gasteiger partial charge in [-0.05, 0) is 92.6 Å². The maximum absolute atomic E-state index is 14.6. The van der Waals surface area contributed by atoms with E-state index >= 15 is 0 Å². The standard InChI is InChI=1S/C38H40ClFN4O6/c1-5-38(6-2,37(48)49-22-25-10-8-7-9-11-25)33-15-13-30(27-18-28(39)20-29(40)19-27)44(33)34(45)21-41-35(46)26-12-14-31(23(3)16-26)50-32-17-24(4)42-43-36(32)47/h7-12,14,16-20,30,33H,5-6,13,15,21-22H2,1-4H3,(H,41,46)(H,43,47)/t30-,33+/m0/s1. The maximum Gasteiger partial charge on any atom is 0.314 e. The summed E-state index contributed by atoms with van der Waals surface area (Å²) in [6.07, 6.45) is 1.71. The summed E-state index contributed by atoms with van der Waals surface area (Å²) in [6, 6.07) is 18.5. The number of rotatable bonds is 12. The number of carbonyl (C=O) groups is 3. The molecule has 0 saturated carbocycles. The molecule has 0 spiro atoms. The van der Waals surface area contributed by atoms with Crippen molar-refractivity contribution in [2.75, 3.05) is 6.54 Å². The van der Waals surface area contributed by atoms with Crippen molar-refractivity contribution >= 4 is 29.4 Å². The van der Waals surface area contributed by atoms with Crippen molar-refractivity contribution in [2.45, 2.75) is 72.1 Å². The van der Waals surface area contributed by atoms with Crippen molar-refractivity contribution in [1.29, 1.82) is 0 Å². The quantitative estimate of drug-likeness (QED) is 0.152. The molecule has 2 atom stereocenters. The van der Waals surface area contributed by atoms with Gasteiger partial charge in [0.25, 0.3) is 5.91 Å². The van der Waals surface area contributed by atoms with Crippen molar-refractivity contribution in [3.05, 3.63) is 122 Å². The molecule has 1 aliphatic rings. The highest BCUT2D eigenvalue weighted by molar-refractivity contribution is 6.30. The zero-order valence-corrected chi connectivity index (χ0v) is 29.2. The fourth-order valence-electron chi connectivity index (χ4n) is 6.74. The minimum atomic E-state index is -1.05. The molecule has 0 radical (unpaired) electrons. The second-order valence-electron chi connectivity index (χ2n) is 12.5. The summed E-state index contributed by atoms with van der Waals surface area (Å²) in [7, 11) is 0. The van der Waals surface area contributed by atoms with E-state index in [9.17, 15) is 23.6 Å². The molecule has 4 aromatic rings. The Morgan fingerprint density at radius 2 is 1.74 bits per heavy atom. The van der Waals surface area contributed by atoms with E-state index < -0.39 is 46.7 Å². The van der Waals surface area contributed by atoms with E-state index in [-0.39, 0.29) is 29.5 Å². The molecule has 3 aromatic carbocycles. The van der Waals surface area contributed by atoms with Gasteiger partial charge in [0, 0.05) is 22.7 Å². The van der Waals surface area contributed by atoms with Crippen LogP contribution in [0.2, 0.25) is 5.02 Å². The van der Waals surface area contributed by atoms with E-state index in [1.807, 2.05) is 44.2 Å². The molecular formula is C38H40ClFN4O6. The van der Waals surface area contributed by atoms with Gasteiger partial charge in [-0.2, -0.15) is 5.10 Å². The highest BCUT2D eigenvalue weighted by atomic mass is 35.5. The van der Waals surface area contributed by atoms with Gasteiger partial charge in [-0.3, -0.25) is 19.2 Å². The van der Waals surface area contributed by atoms with Crippen LogP contribution in [-0.2, 0) is 20.9 Å². The van der Waals surface area contributed by atoms with Gasteiger partial charge in [0.05, 0.1) is 23.7 Å². The van der Waals surface area contributed by atoms with Crippen molar-refractivity contribution in [2.24, 2.45) is 5.41 Å². The van der Waals surface area contributed by atoms with Gasteiger partial charge in [-0.15, -0.1) is 0 Å². The number of aromatic amines is 1. The summed E-state index contributed by atoms with van der Waals surface area (Å²) in [6.45, 7) is 6.95. The molecule has 0 unspecified atom stereocenters. The number of carbonyl (C=O) groups excluding carboxylic acids is 3. The number of amides is 2. The Kier molecular flexibility index (Phi) is 11.4. The summed E-state index contributed by atoms with van der Waals surface area (Å²) < 4.78 is 26.2. The number of esters is 1. The van der Waals surface area contributed by atoms with Crippen LogP contribution in [0.1, 0.15) is 78.3 Å². The Labute approximate surface area is 294 Å². The summed E-state index contributed by atoms with van der Waals surface area (Å²) in [4.78, 5) is 55.2. The number of benzene rings is 3. The lowest BCUT2D eigenvalue weighted by molar-refractivity contribution is -0.164. The molecule has 2 heterocycles. The highest BCUT2D eigenvalue weighted by Gasteiger charge is 2.52. The van der Waals surface area contributed by atoms with Crippen LogP contribution >= 0.6 is 11.6 Å². The molecule has 1 fully saturated rings. The molecule has 50 heavy (non-hydrogen) atoms. The molecule has 262 valence electrons. The van der Waals surface area contributed by atoms with Crippen LogP contribution in [0.5, 0.6) is 11.5 Å². The first-order chi connectivity index (χ1) is 23.9. The third-order valence-corrected chi connectivity index (χ3v) is 9.63. The molecule has 1 aliphatic heterocycles. The number of ether oxygens (including phenoxy) is 2. The van der Waals surface area contributed by atoms with Crippen LogP contribution in [0, 0.1) is 25.1 Å². The SMILES string of the molecule is CCC(CC)(C(=O)OCc1ccccc1)[C@H]1CC[C@@H](c2cc(F)cc(Cl)c2)N1C(=O)CNC(=O)c1ccc(Oc2cc(C)n[nH]c2=O)c(C)c1. The molecule has 2 amide bonds. The maximum atomic E-state index is 14.6. The van der Waals surface area contributed by atoms with Gasteiger partial charge in [-0.1, -0.05) is 55.8 Å². The molecule has 0 bridgehead atoms. The third kappa shape index (κ3) is 7.89. The summed E-state index contributed by atoms with van der Waals surface area (Å²) in [5.74, 6) is -1.46. The topological polar surface area (TPSA) is 131 Å². The normalized spacial score (nSPS) is 15.8. The number of hydrogen-bond donors (Lipinski definition) is 2. The second kappa shape index (κ2) is 15.7. The molecule has 1 aromatic heterocycles. The highest BCUT2D eigenvalue weighted by Crippen LogP contribution is 2.47. The first kappa shape index (κ1) is 36.3. The average molecular weight is 703 g/mol.